The molecule has 6 nitrogen and oxygen atoms in total. The van der Waals surface area contributed by atoms with Gasteiger partial charge in [-0.15, -0.1) is 5.10 Å². The average molecular weight is 380 g/mol. The summed E-state index contributed by atoms with van der Waals surface area (Å²) in [7, 11) is 0. The van der Waals surface area contributed by atoms with Crippen LogP contribution in [0.1, 0.15) is 35.7 Å². The fourth-order valence-electron chi connectivity index (χ4n) is 3.78. The van der Waals surface area contributed by atoms with Gasteiger partial charge in [-0.2, -0.15) is 9.50 Å². The number of furan rings is 1. The molecule has 1 atom stereocenters. The van der Waals surface area contributed by atoms with E-state index >= 15 is 0 Å². The minimum atomic E-state index is 0.0204. The SMILES string of the molecule is Oc1c([C@H](c2ccccc2)N2CCCCC2)sc2nc(-c3ccco3)nn12. The Balaban J connectivity index is 1.59. The maximum absolute atomic E-state index is 11.0. The van der Waals surface area contributed by atoms with Crippen LogP contribution in [0.25, 0.3) is 16.5 Å². The summed E-state index contributed by atoms with van der Waals surface area (Å²) in [5, 5.41) is 15.4. The molecule has 0 amide bonds. The fourth-order valence-corrected chi connectivity index (χ4v) is 4.90. The van der Waals surface area contributed by atoms with Gasteiger partial charge in [0.1, 0.15) is 0 Å². The quantitative estimate of drug-likeness (QED) is 0.571. The van der Waals surface area contributed by atoms with Crippen molar-refractivity contribution in [2.75, 3.05) is 13.1 Å². The predicted octanol–water partition coefficient (Wildman–Crippen LogP) is 4.33. The smallest absolute Gasteiger partial charge is 0.230 e. The van der Waals surface area contributed by atoms with Crippen LogP contribution in [0.15, 0.2) is 53.1 Å². The molecule has 3 aromatic heterocycles. The topological polar surface area (TPSA) is 66.8 Å². The number of hydrogen-bond donors (Lipinski definition) is 1. The summed E-state index contributed by atoms with van der Waals surface area (Å²) < 4.78 is 6.90. The van der Waals surface area contributed by atoms with Crippen LogP contribution in [-0.4, -0.2) is 37.7 Å². The first-order valence-electron chi connectivity index (χ1n) is 9.22. The molecule has 27 heavy (non-hydrogen) atoms. The molecule has 5 rings (SSSR count). The van der Waals surface area contributed by atoms with Crippen molar-refractivity contribution in [3.63, 3.8) is 0 Å². The molecule has 0 radical (unpaired) electrons. The maximum Gasteiger partial charge on any atom is 0.230 e. The zero-order valence-electron chi connectivity index (χ0n) is 14.8. The zero-order chi connectivity index (χ0) is 18.2. The summed E-state index contributed by atoms with van der Waals surface area (Å²) in [5.74, 6) is 1.25. The van der Waals surface area contributed by atoms with Crippen LogP contribution in [0.4, 0.5) is 0 Å². The molecule has 1 aliphatic rings. The molecule has 0 aliphatic carbocycles. The van der Waals surface area contributed by atoms with Crippen LogP contribution in [0.2, 0.25) is 0 Å². The van der Waals surface area contributed by atoms with Gasteiger partial charge in [-0.3, -0.25) is 4.90 Å². The first-order valence-corrected chi connectivity index (χ1v) is 10.0. The van der Waals surface area contributed by atoms with E-state index in [0.29, 0.717) is 16.5 Å². The molecule has 1 aliphatic heterocycles. The minimum absolute atomic E-state index is 0.0204. The standard InChI is InChI=1S/C20H20N4O2S/c25-19-17(27-20-21-18(22-24(19)20)15-10-7-13-26-15)16(14-8-3-1-4-9-14)23-11-5-2-6-12-23/h1,3-4,7-10,13,16,25H,2,5-6,11-12H2/t16-/m0/s1. The van der Waals surface area contributed by atoms with E-state index in [9.17, 15) is 5.11 Å². The molecular formula is C20H20N4O2S. The molecule has 1 N–H and O–H groups in total. The van der Waals surface area contributed by atoms with Crippen molar-refractivity contribution in [1.82, 2.24) is 19.5 Å². The van der Waals surface area contributed by atoms with Crippen molar-refractivity contribution in [3.8, 4) is 17.5 Å². The molecule has 0 unspecified atom stereocenters. The van der Waals surface area contributed by atoms with Gasteiger partial charge in [0.2, 0.25) is 16.7 Å². The number of aromatic hydroxyl groups is 1. The molecule has 1 fully saturated rings. The van der Waals surface area contributed by atoms with Crippen molar-refractivity contribution in [3.05, 3.63) is 59.2 Å². The van der Waals surface area contributed by atoms with Crippen molar-refractivity contribution in [2.45, 2.75) is 25.3 Å². The average Bonchev–Trinajstić information content (AvgIpc) is 3.43. The molecule has 1 saturated heterocycles. The second-order valence-electron chi connectivity index (χ2n) is 6.81. The van der Waals surface area contributed by atoms with E-state index in [2.05, 4.69) is 39.2 Å². The van der Waals surface area contributed by atoms with Gasteiger partial charge in [-0.1, -0.05) is 48.1 Å². The molecule has 7 heteroatoms. The number of nitrogens with zero attached hydrogens (tertiary/aromatic N) is 4. The Morgan fingerprint density at radius 1 is 1.04 bits per heavy atom. The van der Waals surface area contributed by atoms with Crippen molar-refractivity contribution in [2.24, 2.45) is 0 Å². The summed E-state index contributed by atoms with van der Waals surface area (Å²) in [4.78, 5) is 8.58. The molecule has 0 spiro atoms. The van der Waals surface area contributed by atoms with E-state index in [1.165, 1.54) is 40.7 Å². The van der Waals surface area contributed by atoms with Crippen LogP contribution in [0.3, 0.4) is 0 Å². The van der Waals surface area contributed by atoms with Gasteiger partial charge in [0, 0.05) is 0 Å². The summed E-state index contributed by atoms with van der Waals surface area (Å²) in [6, 6.07) is 14.0. The van der Waals surface area contributed by atoms with Crippen LogP contribution < -0.4 is 0 Å². The highest BCUT2D eigenvalue weighted by molar-refractivity contribution is 7.17. The van der Waals surface area contributed by atoms with E-state index in [1.807, 2.05) is 12.1 Å². The number of hydrogen-bond acceptors (Lipinski definition) is 6. The molecule has 4 aromatic rings. The third kappa shape index (κ3) is 2.93. The Hall–Kier alpha value is -2.64. The first kappa shape index (κ1) is 16.5. The zero-order valence-corrected chi connectivity index (χ0v) is 15.6. The summed E-state index contributed by atoms with van der Waals surface area (Å²) in [6.45, 7) is 2.06. The number of fused-ring (bicyclic) bond motifs is 1. The molecule has 0 bridgehead atoms. The van der Waals surface area contributed by atoms with Gasteiger partial charge in [0.05, 0.1) is 17.2 Å². The third-order valence-corrected chi connectivity index (χ3v) is 6.13. The lowest BCUT2D eigenvalue weighted by molar-refractivity contribution is 0.186. The van der Waals surface area contributed by atoms with E-state index < -0.39 is 0 Å². The Kier molecular flexibility index (Phi) is 4.18. The van der Waals surface area contributed by atoms with Gasteiger partial charge < -0.3 is 9.52 Å². The summed E-state index contributed by atoms with van der Waals surface area (Å²) in [6.07, 6.45) is 5.24. The molecule has 4 heterocycles. The third-order valence-electron chi connectivity index (χ3n) is 5.06. The van der Waals surface area contributed by atoms with Crippen molar-refractivity contribution in [1.29, 1.82) is 0 Å². The van der Waals surface area contributed by atoms with Crippen LogP contribution in [0, 0.1) is 0 Å². The second-order valence-corrected chi connectivity index (χ2v) is 7.82. The summed E-state index contributed by atoms with van der Waals surface area (Å²) in [5.41, 5.74) is 1.19. The number of rotatable bonds is 4. The van der Waals surface area contributed by atoms with Crippen molar-refractivity contribution >= 4 is 16.3 Å². The van der Waals surface area contributed by atoms with Gasteiger partial charge in [0.15, 0.2) is 5.76 Å². The predicted molar refractivity (Wildman–Crippen MR) is 104 cm³/mol. The number of piperidine rings is 1. The normalized spacial score (nSPS) is 16.7. The molecule has 1 aromatic carbocycles. The van der Waals surface area contributed by atoms with Crippen LogP contribution >= 0.6 is 11.3 Å². The van der Waals surface area contributed by atoms with E-state index in [4.69, 9.17) is 4.42 Å². The Morgan fingerprint density at radius 2 is 1.85 bits per heavy atom. The molecular weight excluding hydrogens is 360 g/mol. The highest BCUT2D eigenvalue weighted by Gasteiger charge is 2.30. The van der Waals surface area contributed by atoms with E-state index in [0.717, 1.165) is 18.0 Å². The van der Waals surface area contributed by atoms with Crippen LogP contribution in [-0.2, 0) is 0 Å². The van der Waals surface area contributed by atoms with Gasteiger partial charge >= 0.3 is 0 Å². The minimum Gasteiger partial charge on any atom is -0.492 e. The van der Waals surface area contributed by atoms with Crippen LogP contribution in [0.5, 0.6) is 5.88 Å². The van der Waals surface area contributed by atoms with E-state index in [-0.39, 0.29) is 11.9 Å². The first-order chi connectivity index (χ1) is 13.3. The lowest BCUT2D eigenvalue weighted by Crippen LogP contribution is -2.34. The monoisotopic (exact) mass is 380 g/mol. The van der Waals surface area contributed by atoms with Gasteiger partial charge in [0.25, 0.3) is 0 Å². The van der Waals surface area contributed by atoms with Gasteiger partial charge in [-0.25, -0.2) is 0 Å². The summed E-state index contributed by atoms with van der Waals surface area (Å²) >= 11 is 1.49. The highest BCUT2D eigenvalue weighted by Crippen LogP contribution is 2.41. The molecule has 0 saturated carbocycles. The lowest BCUT2D eigenvalue weighted by Gasteiger charge is -2.34. The number of thiazole rings is 1. The fraction of sp³-hybridized carbons (Fsp3) is 0.300. The number of likely N-dealkylation sites (tertiary alicyclic amines) is 1. The van der Waals surface area contributed by atoms with Gasteiger partial charge in [-0.05, 0) is 43.6 Å². The van der Waals surface area contributed by atoms with E-state index in [1.54, 1.807) is 12.3 Å². The Labute approximate surface area is 160 Å². The van der Waals surface area contributed by atoms with Crippen molar-refractivity contribution < 1.29 is 9.52 Å². The lowest BCUT2D eigenvalue weighted by atomic mass is 10.0. The largest absolute Gasteiger partial charge is 0.492 e. The number of benzene rings is 1. The Bertz CT molecular complexity index is 1030. The number of aromatic nitrogens is 3. The molecule has 138 valence electrons. The maximum atomic E-state index is 11.0. The highest BCUT2D eigenvalue weighted by atomic mass is 32.1. The second kappa shape index (κ2) is 6.83. The Morgan fingerprint density at radius 3 is 2.56 bits per heavy atom.